The van der Waals surface area contributed by atoms with Gasteiger partial charge in [-0.15, -0.1) is 0 Å². The number of Topliss-reactive ketones (excluding diaryl/α,β-unsaturated/α-hetero) is 3. The number of piperidine rings is 1. The number of esters is 1. The Hall–Kier alpha value is -2.68. The van der Waals surface area contributed by atoms with E-state index in [1.54, 1.807) is 34.0 Å². The quantitative estimate of drug-likeness (QED) is 0.0436. The van der Waals surface area contributed by atoms with Gasteiger partial charge in [-0.2, -0.15) is 0 Å². The van der Waals surface area contributed by atoms with Crippen molar-refractivity contribution in [3.8, 4) is 0 Å². The van der Waals surface area contributed by atoms with Gasteiger partial charge in [0.05, 0.1) is 37.6 Å². The standard InChI is InChI=1S/C55H86INO14/c1-34-16-11-10-12-17-35(2)46(69-27-25-58)32-42-21-19-40(7)55(65,71-42)52(62)53(63)57-24-14-13-18-43(57)54(64)70-47(37(4)30-41-20-22-45(48(31-41)66-8)68-26-15-23-56)33-44(59)36(3)29-39(6)50(61)51(67-9)49(60)38(5)28-34/h10-12,16-17,29,34,36-38,40-43,45-48,50-51,58,61,65H,13-15,18-28,30-33H2,1-9H3/b12-10+,16-11+,35-17+,39-29+/t34-,36-,37-,38-,40-,41+,42+,43+,45-,46?,47+,48-,50-,51+,55-/m1/s1. The highest BCUT2D eigenvalue weighted by Crippen LogP contribution is 2.38. The number of hydrogen-bond donors (Lipinski definition) is 3. The molecule has 0 aromatic rings. The SMILES string of the molecule is CO[C@@H]1C[C@H](C[C@@H](C)[C@@H]2CC(=O)[C@H](C)/C=C(\C)[C@@H](O)[C@@H](OC)C(=O)[C@H](C)C[C@H](C)/C=C/C=C/C=C(\C)C(OCCO)C[C@@H]3CC[C@@H](C)[C@@](O)(O3)C(=O)C(=O)N3CCCC[C@H]3C(=O)O2)CC[C@H]1OCCCI. The Labute approximate surface area is 437 Å². The van der Waals surface area contributed by atoms with E-state index in [4.69, 9.17) is 28.4 Å². The molecule has 0 radical (unpaired) electrons. The van der Waals surface area contributed by atoms with Crippen LogP contribution in [0.3, 0.4) is 0 Å². The number of cyclic esters (lactones) is 1. The summed E-state index contributed by atoms with van der Waals surface area (Å²) in [6, 6.07) is -1.15. The van der Waals surface area contributed by atoms with Gasteiger partial charge < -0.3 is 48.6 Å². The average molecular weight is 1110 g/mol. The van der Waals surface area contributed by atoms with Gasteiger partial charge in [-0.25, -0.2) is 4.79 Å². The Bertz CT molecular complexity index is 1870. The zero-order valence-corrected chi connectivity index (χ0v) is 46.1. The van der Waals surface area contributed by atoms with Gasteiger partial charge in [-0.3, -0.25) is 19.2 Å². The molecule has 1 saturated carbocycles. The first-order chi connectivity index (χ1) is 33.8. The molecule has 4 aliphatic rings. The monoisotopic (exact) mass is 1110 g/mol. The third-order valence-electron chi connectivity index (χ3n) is 15.2. The second kappa shape index (κ2) is 30.0. The fourth-order valence-electron chi connectivity index (χ4n) is 10.7. The van der Waals surface area contributed by atoms with Crippen molar-refractivity contribution < 1.29 is 67.7 Å². The van der Waals surface area contributed by atoms with E-state index in [9.17, 15) is 39.3 Å². The van der Waals surface area contributed by atoms with Crippen LogP contribution < -0.4 is 0 Å². The van der Waals surface area contributed by atoms with Crippen molar-refractivity contribution in [1.29, 1.82) is 0 Å². The Morgan fingerprint density at radius 3 is 2.31 bits per heavy atom. The van der Waals surface area contributed by atoms with Crippen molar-refractivity contribution in [2.45, 2.75) is 186 Å². The average Bonchev–Trinajstić information content (AvgIpc) is 3.35. The highest BCUT2D eigenvalue weighted by Gasteiger charge is 2.53. The third-order valence-corrected chi connectivity index (χ3v) is 16.0. The molecule has 3 heterocycles. The summed E-state index contributed by atoms with van der Waals surface area (Å²) in [4.78, 5) is 72.5. The maximum absolute atomic E-state index is 14.5. The molecule has 15 atom stereocenters. The number of fused-ring (bicyclic) bond motifs is 3. The van der Waals surface area contributed by atoms with Crippen LogP contribution in [0, 0.1) is 35.5 Å². The van der Waals surface area contributed by atoms with Crippen molar-refractivity contribution in [1.82, 2.24) is 4.90 Å². The fraction of sp³-hybridized carbons (Fsp3) is 0.764. The lowest BCUT2D eigenvalue weighted by atomic mass is 9.78. The minimum Gasteiger partial charge on any atom is -0.460 e. The van der Waals surface area contributed by atoms with E-state index < -0.39 is 77.8 Å². The molecule has 2 bridgehead atoms. The molecule has 1 unspecified atom stereocenters. The number of nitrogens with zero attached hydrogens (tertiary/aromatic N) is 1. The highest BCUT2D eigenvalue weighted by atomic mass is 127. The number of rotatable bonds is 12. The maximum Gasteiger partial charge on any atom is 0.329 e. The van der Waals surface area contributed by atoms with Crippen LogP contribution in [0.25, 0.3) is 0 Å². The minimum atomic E-state index is -2.47. The molecule has 1 aliphatic carbocycles. The van der Waals surface area contributed by atoms with Gasteiger partial charge >= 0.3 is 5.97 Å². The van der Waals surface area contributed by atoms with Crippen molar-refractivity contribution in [3.05, 3.63) is 47.6 Å². The Morgan fingerprint density at radius 2 is 1.62 bits per heavy atom. The smallest absolute Gasteiger partial charge is 0.329 e. The summed E-state index contributed by atoms with van der Waals surface area (Å²) in [6.45, 7) is 13.2. The molecular formula is C55H86INO14. The van der Waals surface area contributed by atoms with Gasteiger partial charge in [-0.05, 0) is 113 Å². The Morgan fingerprint density at radius 1 is 0.873 bits per heavy atom. The van der Waals surface area contributed by atoms with Gasteiger partial charge in [-0.1, -0.05) is 93.7 Å². The number of halogens is 1. The normalized spacial score (nSPS) is 38.0. The predicted molar refractivity (Wildman–Crippen MR) is 278 cm³/mol. The number of aliphatic hydroxyl groups is 3. The van der Waals surface area contributed by atoms with E-state index in [0.29, 0.717) is 50.7 Å². The van der Waals surface area contributed by atoms with Crippen molar-refractivity contribution in [2.24, 2.45) is 35.5 Å². The highest BCUT2D eigenvalue weighted by molar-refractivity contribution is 14.1. The Balaban J connectivity index is 1.70. The number of aliphatic hydroxyl groups excluding tert-OH is 2. The summed E-state index contributed by atoms with van der Waals surface area (Å²) in [5.41, 5.74) is 1.20. The molecule has 1 amide bonds. The van der Waals surface area contributed by atoms with Crippen LogP contribution >= 0.6 is 22.6 Å². The maximum atomic E-state index is 14.5. The Kier molecular flexibility index (Phi) is 25.7. The molecule has 0 spiro atoms. The number of allylic oxidation sites excluding steroid dienone is 6. The van der Waals surface area contributed by atoms with Gasteiger partial charge in [0.15, 0.2) is 5.78 Å². The first kappa shape index (κ1) is 60.9. The van der Waals surface area contributed by atoms with Crippen LogP contribution in [-0.2, 0) is 52.4 Å². The molecule has 15 nitrogen and oxygen atoms in total. The van der Waals surface area contributed by atoms with Gasteiger partial charge in [0.2, 0.25) is 5.79 Å². The molecule has 71 heavy (non-hydrogen) atoms. The van der Waals surface area contributed by atoms with Crippen LogP contribution in [0.4, 0.5) is 0 Å². The van der Waals surface area contributed by atoms with Crippen LogP contribution in [0.1, 0.15) is 132 Å². The van der Waals surface area contributed by atoms with Gasteiger partial charge in [0.25, 0.3) is 11.7 Å². The van der Waals surface area contributed by atoms with Crippen LogP contribution in [0.2, 0.25) is 0 Å². The number of ether oxygens (including phenoxy) is 6. The predicted octanol–water partition coefficient (Wildman–Crippen LogP) is 7.39. The molecule has 0 aromatic carbocycles. The van der Waals surface area contributed by atoms with Crippen molar-refractivity contribution in [2.75, 3.05) is 45.0 Å². The summed E-state index contributed by atoms with van der Waals surface area (Å²) >= 11 is 2.34. The van der Waals surface area contributed by atoms with Crippen LogP contribution in [0.5, 0.6) is 0 Å². The van der Waals surface area contributed by atoms with Crippen molar-refractivity contribution >= 4 is 51.8 Å². The van der Waals surface area contributed by atoms with E-state index in [0.717, 1.165) is 35.7 Å². The molecule has 0 aromatic heterocycles. The lowest BCUT2D eigenvalue weighted by Gasteiger charge is -2.43. The number of ketones is 3. The van der Waals surface area contributed by atoms with Crippen LogP contribution in [0.15, 0.2) is 47.6 Å². The van der Waals surface area contributed by atoms with E-state index in [1.807, 2.05) is 58.1 Å². The summed E-state index contributed by atoms with van der Waals surface area (Å²) < 4.78 is 37.3. The largest absolute Gasteiger partial charge is 0.460 e. The first-order valence-corrected chi connectivity index (χ1v) is 27.7. The third kappa shape index (κ3) is 17.4. The second-order valence-corrected chi connectivity index (χ2v) is 21.9. The second-order valence-electron chi connectivity index (χ2n) is 20.8. The lowest BCUT2D eigenvalue weighted by molar-refractivity contribution is -0.266. The minimum absolute atomic E-state index is 0.00518. The van der Waals surface area contributed by atoms with Gasteiger partial charge in [0, 0.05) is 62.4 Å². The zero-order valence-electron chi connectivity index (χ0n) is 43.9. The summed E-state index contributed by atoms with van der Waals surface area (Å²) in [5.74, 6) is -8.00. The summed E-state index contributed by atoms with van der Waals surface area (Å²) in [7, 11) is 3.07. The fourth-order valence-corrected chi connectivity index (χ4v) is 11.0. The van der Waals surface area contributed by atoms with E-state index in [1.165, 1.54) is 12.0 Å². The number of alkyl halides is 1. The summed E-state index contributed by atoms with van der Waals surface area (Å²) in [6.07, 6.45) is 13.0. The van der Waals surface area contributed by atoms with E-state index in [2.05, 4.69) is 22.6 Å². The van der Waals surface area contributed by atoms with Crippen LogP contribution in [-0.4, -0.2) is 149 Å². The number of carbonyl (C=O) groups is 5. The molecular weight excluding hydrogens is 1030 g/mol. The number of methoxy groups -OCH3 is 2. The van der Waals surface area contributed by atoms with Crippen molar-refractivity contribution in [3.63, 3.8) is 0 Å². The molecule has 2 saturated heterocycles. The number of amides is 1. The molecule has 3 aliphatic heterocycles. The number of carbonyl (C=O) groups excluding carboxylic acids is 5. The molecule has 4 rings (SSSR count). The summed E-state index contributed by atoms with van der Waals surface area (Å²) in [5, 5.41) is 33.2. The molecule has 3 N–H and O–H groups in total. The van der Waals surface area contributed by atoms with Gasteiger partial charge in [0.1, 0.15) is 30.1 Å². The first-order valence-electron chi connectivity index (χ1n) is 26.2. The molecule has 16 heteroatoms. The molecule has 402 valence electrons. The van der Waals surface area contributed by atoms with E-state index in [-0.39, 0.29) is 80.5 Å². The number of hydrogen-bond acceptors (Lipinski definition) is 14. The zero-order chi connectivity index (χ0) is 52.4. The molecule has 3 fully saturated rings. The van der Waals surface area contributed by atoms with E-state index >= 15 is 0 Å². The topological polar surface area (TPSA) is 205 Å². The lowest BCUT2D eigenvalue weighted by Crippen LogP contribution is -2.61.